The summed E-state index contributed by atoms with van der Waals surface area (Å²) >= 11 is 5.71. The molecule has 11 heteroatoms. The Bertz CT molecular complexity index is 1080. The lowest BCUT2D eigenvalue weighted by Gasteiger charge is -2.21. The highest BCUT2D eigenvalue weighted by atomic mass is 35.5. The molecule has 0 bridgehead atoms. The van der Waals surface area contributed by atoms with Crippen LogP contribution in [0.5, 0.6) is 0 Å². The van der Waals surface area contributed by atoms with Crippen molar-refractivity contribution >= 4 is 27.3 Å². The highest BCUT2D eigenvalue weighted by molar-refractivity contribution is 7.89. The average molecular weight is 434 g/mol. The maximum atomic E-state index is 13.5. The van der Waals surface area contributed by atoms with Gasteiger partial charge in [0, 0.05) is 17.6 Å². The van der Waals surface area contributed by atoms with E-state index in [4.69, 9.17) is 11.6 Å². The summed E-state index contributed by atoms with van der Waals surface area (Å²) in [6, 6.07) is 2.35. The van der Waals surface area contributed by atoms with Crippen molar-refractivity contribution < 1.29 is 26.2 Å². The van der Waals surface area contributed by atoms with E-state index in [1.165, 1.54) is 22.7 Å². The van der Waals surface area contributed by atoms with Gasteiger partial charge in [0.05, 0.1) is 6.20 Å². The minimum absolute atomic E-state index is 0.244. The van der Waals surface area contributed by atoms with Crippen molar-refractivity contribution in [3.05, 3.63) is 59.6 Å². The summed E-state index contributed by atoms with van der Waals surface area (Å²) in [7, 11) is -4.53. The van der Waals surface area contributed by atoms with E-state index in [1.54, 1.807) is 23.3 Å². The zero-order valence-corrected chi connectivity index (χ0v) is 16.3. The van der Waals surface area contributed by atoms with Crippen molar-refractivity contribution in [3.63, 3.8) is 0 Å². The molecule has 3 rings (SSSR count). The fraction of sp³-hybridized carbons (Fsp3) is 0.294. The smallest absolute Gasteiger partial charge is 0.295 e. The number of imidazole rings is 1. The number of hydrogen-bond acceptors (Lipinski definition) is 3. The Balaban J connectivity index is 1.96. The van der Waals surface area contributed by atoms with Crippen LogP contribution >= 0.6 is 11.6 Å². The highest BCUT2D eigenvalue weighted by Gasteiger charge is 2.44. The van der Waals surface area contributed by atoms with Gasteiger partial charge in [-0.3, -0.25) is 4.40 Å². The Morgan fingerprint density at radius 3 is 2.57 bits per heavy atom. The zero-order chi connectivity index (χ0) is 20.5. The molecule has 0 saturated carbocycles. The van der Waals surface area contributed by atoms with Crippen LogP contribution in [-0.2, 0) is 16.6 Å². The van der Waals surface area contributed by atoms with Crippen LogP contribution in [0.4, 0.5) is 13.2 Å². The number of halogens is 4. The van der Waals surface area contributed by atoms with Crippen LogP contribution in [0, 0.1) is 0 Å². The predicted molar refractivity (Wildman–Crippen MR) is 96.2 cm³/mol. The molecule has 0 aliphatic heterocycles. The molecule has 0 unspecified atom stereocenters. The lowest BCUT2D eigenvalue weighted by molar-refractivity contribution is -0.696. The number of aromatic nitrogens is 3. The van der Waals surface area contributed by atoms with E-state index in [1.807, 2.05) is 11.5 Å². The van der Waals surface area contributed by atoms with Gasteiger partial charge in [-0.15, -0.1) is 0 Å². The number of aryl methyl sites for hydroxylation is 1. The Morgan fingerprint density at radius 2 is 1.96 bits per heavy atom. The van der Waals surface area contributed by atoms with Gasteiger partial charge in [0.25, 0.3) is 10.0 Å². The first kappa shape index (κ1) is 20.6. The van der Waals surface area contributed by atoms with Crippen molar-refractivity contribution in [2.24, 2.45) is 0 Å². The van der Waals surface area contributed by atoms with E-state index < -0.39 is 27.3 Å². The van der Waals surface area contributed by atoms with Crippen molar-refractivity contribution in [3.8, 4) is 0 Å². The standard InChI is InChI=1S/C17H17ClF3N4O2S/c1-2-7-24-8-9-25-11-15(22-14(25)10-24)28(26,27)23-16(17(19,20)21)12-3-5-13(18)6-4-12/h3-6,8-11,16,23H,2,7H2,1H3/q+1/t16-/m1/s1. The molecule has 150 valence electrons. The van der Waals surface area contributed by atoms with Gasteiger partial charge >= 0.3 is 6.18 Å². The van der Waals surface area contributed by atoms with Gasteiger partial charge in [0.1, 0.15) is 12.6 Å². The van der Waals surface area contributed by atoms with Gasteiger partial charge in [-0.25, -0.2) is 18.0 Å². The molecule has 28 heavy (non-hydrogen) atoms. The second-order valence-corrected chi connectivity index (χ2v) is 8.25. The molecule has 3 aromatic rings. The SMILES string of the molecule is CCC[n+]1ccn2cc(S(=O)(=O)N[C@H](c3ccc(Cl)cc3)C(F)(F)F)nc2c1. The molecule has 6 nitrogen and oxygen atoms in total. The molecule has 1 aromatic carbocycles. The van der Waals surface area contributed by atoms with Gasteiger partial charge in [0.15, 0.2) is 11.2 Å². The fourth-order valence-electron chi connectivity index (χ4n) is 2.67. The Kier molecular flexibility index (Phi) is 5.64. The van der Waals surface area contributed by atoms with Crippen LogP contribution in [0.15, 0.2) is 54.1 Å². The third-order valence-corrected chi connectivity index (χ3v) is 5.54. The number of sulfonamides is 1. The molecule has 0 spiro atoms. The first-order chi connectivity index (χ1) is 13.1. The summed E-state index contributed by atoms with van der Waals surface area (Å²) in [6.45, 7) is 2.69. The van der Waals surface area contributed by atoms with Gasteiger partial charge in [-0.05, 0) is 17.7 Å². The number of nitrogens with zero attached hydrogens (tertiary/aromatic N) is 3. The molecule has 0 aliphatic carbocycles. The first-order valence-corrected chi connectivity index (χ1v) is 10.2. The number of rotatable bonds is 6. The Hall–Kier alpha value is -2.17. The summed E-state index contributed by atoms with van der Waals surface area (Å²) in [5.41, 5.74) is 0.0383. The van der Waals surface area contributed by atoms with E-state index in [2.05, 4.69) is 4.98 Å². The van der Waals surface area contributed by atoms with Crippen molar-refractivity contribution in [2.45, 2.75) is 37.1 Å². The second-order valence-electron chi connectivity index (χ2n) is 6.16. The molecule has 0 radical (unpaired) electrons. The predicted octanol–water partition coefficient (Wildman–Crippen LogP) is 3.27. The van der Waals surface area contributed by atoms with Crippen molar-refractivity contribution in [2.75, 3.05) is 0 Å². The number of nitrogens with one attached hydrogen (secondary N) is 1. The molecule has 1 N–H and O–H groups in total. The summed E-state index contributed by atoms with van der Waals surface area (Å²) in [4.78, 5) is 3.97. The molecule has 0 fully saturated rings. The molecule has 0 aliphatic rings. The van der Waals surface area contributed by atoms with Gasteiger partial charge in [-0.1, -0.05) is 30.7 Å². The van der Waals surface area contributed by atoms with Crippen LogP contribution in [0.1, 0.15) is 24.9 Å². The molecular weight excluding hydrogens is 417 g/mol. The minimum atomic E-state index is -4.84. The summed E-state index contributed by atoms with van der Waals surface area (Å²) in [5, 5.41) is -0.252. The number of alkyl halides is 3. The molecule has 2 heterocycles. The molecule has 0 amide bonds. The summed E-state index contributed by atoms with van der Waals surface area (Å²) in [5.74, 6) is 0. The van der Waals surface area contributed by atoms with Crippen LogP contribution in [-0.4, -0.2) is 24.0 Å². The topological polar surface area (TPSA) is 67.3 Å². The lowest BCUT2D eigenvalue weighted by Crippen LogP contribution is -2.38. The molecule has 1 atom stereocenters. The Morgan fingerprint density at radius 1 is 1.29 bits per heavy atom. The monoisotopic (exact) mass is 433 g/mol. The number of hydrogen-bond donors (Lipinski definition) is 1. The summed E-state index contributed by atoms with van der Waals surface area (Å²) < 4.78 is 70.7. The van der Waals surface area contributed by atoms with E-state index in [-0.39, 0.29) is 10.6 Å². The first-order valence-electron chi connectivity index (χ1n) is 8.32. The third kappa shape index (κ3) is 4.45. The van der Waals surface area contributed by atoms with Gasteiger partial charge in [-0.2, -0.15) is 17.9 Å². The summed E-state index contributed by atoms with van der Waals surface area (Å²) in [6.07, 6.45) is 2.14. The largest absolute Gasteiger partial charge is 0.408 e. The molecule has 2 aromatic heterocycles. The normalized spacial score (nSPS) is 13.8. The highest BCUT2D eigenvalue weighted by Crippen LogP contribution is 2.34. The fourth-order valence-corrected chi connectivity index (χ4v) is 3.96. The lowest BCUT2D eigenvalue weighted by atomic mass is 10.1. The van der Waals surface area contributed by atoms with Crippen molar-refractivity contribution in [1.82, 2.24) is 14.1 Å². The van der Waals surface area contributed by atoms with E-state index in [9.17, 15) is 21.6 Å². The third-order valence-electron chi connectivity index (χ3n) is 4.00. The maximum absolute atomic E-state index is 13.5. The quantitative estimate of drug-likeness (QED) is 0.607. The Labute approximate surface area is 164 Å². The second kappa shape index (κ2) is 7.69. The average Bonchev–Trinajstić information content (AvgIpc) is 3.04. The van der Waals surface area contributed by atoms with E-state index in [0.717, 1.165) is 18.6 Å². The van der Waals surface area contributed by atoms with E-state index in [0.29, 0.717) is 12.2 Å². The maximum Gasteiger partial charge on any atom is 0.408 e. The molecule has 0 saturated heterocycles. The van der Waals surface area contributed by atoms with E-state index >= 15 is 0 Å². The van der Waals surface area contributed by atoms with Crippen molar-refractivity contribution in [1.29, 1.82) is 0 Å². The van der Waals surface area contributed by atoms with Gasteiger partial charge in [0.2, 0.25) is 11.8 Å². The minimum Gasteiger partial charge on any atom is -0.295 e. The zero-order valence-electron chi connectivity index (χ0n) is 14.7. The van der Waals surface area contributed by atoms with Crippen LogP contribution in [0.2, 0.25) is 5.02 Å². The van der Waals surface area contributed by atoms with Crippen LogP contribution in [0.25, 0.3) is 5.65 Å². The number of benzene rings is 1. The molecular formula is C17H17ClF3N4O2S+. The van der Waals surface area contributed by atoms with Gasteiger partial charge < -0.3 is 0 Å². The van der Waals surface area contributed by atoms with Crippen LogP contribution in [0.3, 0.4) is 0 Å². The number of fused-ring (bicyclic) bond motifs is 1. The van der Waals surface area contributed by atoms with Crippen LogP contribution < -0.4 is 9.29 Å².